The number of terminal acetylenes is 1. The number of nitrogens with zero attached hydrogens (tertiary/aromatic N) is 2. The SMILES string of the molecule is C#CCNc1ccc(S(=O)(=O)N(COCC[Si](C)(C)C)c2cc(C)on2)cc1OC. The van der Waals surface area contributed by atoms with E-state index in [1.165, 1.54) is 19.2 Å². The second-order valence-corrected chi connectivity index (χ2v) is 15.4. The molecule has 1 N–H and O–H groups in total. The summed E-state index contributed by atoms with van der Waals surface area (Å²) in [6.07, 6.45) is 5.27. The van der Waals surface area contributed by atoms with Crippen LogP contribution in [0.15, 0.2) is 33.7 Å². The molecule has 0 saturated heterocycles. The molecule has 0 saturated carbocycles. The molecule has 164 valence electrons. The predicted molar refractivity (Wildman–Crippen MR) is 120 cm³/mol. The summed E-state index contributed by atoms with van der Waals surface area (Å²) in [5.41, 5.74) is 0.601. The Hall–Kier alpha value is -2.48. The van der Waals surface area contributed by atoms with Gasteiger partial charge in [-0.2, -0.15) is 0 Å². The van der Waals surface area contributed by atoms with Crippen LogP contribution in [0.3, 0.4) is 0 Å². The number of benzene rings is 1. The van der Waals surface area contributed by atoms with Crippen LogP contribution < -0.4 is 14.4 Å². The van der Waals surface area contributed by atoms with E-state index >= 15 is 0 Å². The molecule has 2 aromatic rings. The van der Waals surface area contributed by atoms with Gasteiger partial charge in [0, 0.05) is 26.8 Å². The molecule has 0 amide bonds. The first-order chi connectivity index (χ1) is 14.1. The quantitative estimate of drug-likeness (QED) is 0.242. The topological polar surface area (TPSA) is 93.9 Å². The molecular formula is C20H29N3O5SSi. The molecule has 0 unspecified atom stereocenters. The average Bonchev–Trinajstić information content (AvgIpc) is 3.10. The summed E-state index contributed by atoms with van der Waals surface area (Å²) in [7, 11) is -3.82. The molecule has 10 heteroatoms. The number of rotatable bonds is 11. The number of nitrogens with one attached hydrogen (secondary N) is 1. The number of aromatic nitrogens is 1. The fraction of sp³-hybridized carbons (Fsp3) is 0.450. The second-order valence-electron chi connectivity index (χ2n) is 7.92. The van der Waals surface area contributed by atoms with Gasteiger partial charge in [0.25, 0.3) is 10.0 Å². The van der Waals surface area contributed by atoms with Crippen molar-refractivity contribution in [2.24, 2.45) is 0 Å². The van der Waals surface area contributed by atoms with Crippen LogP contribution in [0.5, 0.6) is 5.75 Å². The Labute approximate surface area is 179 Å². The van der Waals surface area contributed by atoms with Crippen molar-refractivity contribution >= 4 is 29.6 Å². The zero-order valence-electron chi connectivity index (χ0n) is 18.1. The maximum Gasteiger partial charge on any atom is 0.267 e. The lowest BCUT2D eigenvalue weighted by molar-refractivity contribution is 0.155. The van der Waals surface area contributed by atoms with Gasteiger partial charge >= 0.3 is 0 Å². The first-order valence-electron chi connectivity index (χ1n) is 9.47. The minimum Gasteiger partial charge on any atom is -0.495 e. The van der Waals surface area contributed by atoms with E-state index in [4.69, 9.17) is 20.4 Å². The van der Waals surface area contributed by atoms with Gasteiger partial charge in [-0.3, -0.25) is 0 Å². The van der Waals surface area contributed by atoms with Crippen molar-refractivity contribution < 1.29 is 22.4 Å². The number of hydrogen-bond donors (Lipinski definition) is 1. The molecular weight excluding hydrogens is 422 g/mol. The van der Waals surface area contributed by atoms with Gasteiger partial charge in [-0.05, 0) is 25.1 Å². The summed E-state index contributed by atoms with van der Waals surface area (Å²) in [5, 5.41) is 6.87. The second kappa shape index (κ2) is 10.0. The van der Waals surface area contributed by atoms with E-state index in [1.807, 2.05) is 0 Å². The van der Waals surface area contributed by atoms with E-state index in [1.54, 1.807) is 19.1 Å². The van der Waals surface area contributed by atoms with Crippen molar-refractivity contribution in [1.82, 2.24) is 5.16 Å². The molecule has 1 heterocycles. The van der Waals surface area contributed by atoms with E-state index < -0.39 is 18.1 Å². The molecule has 0 bridgehead atoms. The first kappa shape index (κ1) is 23.8. The zero-order valence-corrected chi connectivity index (χ0v) is 19.9. The van der Waals surface area contributed by atoms with Gasteiger partial charge in [0.1, 0.15) is 18.2 Å². The van der Waals surface area contributed by atoms with E-state index in [0.717, 1.165) is 10.3 Å². The van der Waals surface area contributed by atoms with E-state index in [2.05, 4.69) is 36.0 Å². The molecule has 0 aliphatic heterocycles. The zero-order chi connectivity index (χ0) is 22.4. The van der Waals surface area contributed by atoms with Crippen molar-refractivity contribution in [2.45, 2.75) is 37.5 Å². The smallest absolute Gasteiger partial charge is 0.267 e. The van der Waals surface area contributed by atoms with Gasteiger partial charge in [-0.1, -0.05) is 30.7 Å². The monoisotopic (exact) mass is 451 g/mol. The maximum absolute atomic E-state index is 13.4. The third-order valence-corrected chi connectivity index (χ3v) is 7.64. The number of anilines is 2. The predicted octanol–water partition coefficient (Wildman–Crippen LogP) is 3.54. The number of ether oxygens (including phenoxy) is 2. The van der Waals surface area contributed by atoms with Gasteiger partial charge in [0.05, 0.1) is 24.2 Å². The number of hydrogen-bond acceptors (Lipinski definition) is 7. The Bertz CT molecular complexity index is 993. The van der Waals surface area contributed by atoms with Gasteiger partial charge in [0.15, 0.2) is 5.82 Å². The third-order valence-electron chi connectivity index (χ3n) is 4.22. The average molecular weight is 452 g/mol. The Morgan fingerprint density at radius 2 is 2.03 bits per heavy atom. The normalized spacial score (nSPS) is 11.7. The molecule has 8 nitrogen and oxygen atoms in total. The van der Waals surface area contributed by atoms with E-state index in [-0.39, 0.29) is 24.0 Å². The Balaban J connectivity index is 2.33. The lowest BCUT2D eigenvalue weighted by Gasteiger charge is -2.23. The van der Waals surface area contributed by atoms with E-state index in [9.17, 15) is 8.42 Å². The minimum atomic E-state index is -3.98. The first-order valence-corrected chi connectivity index (χ1v) is 14.6. The van der Waals surface area contributed by atoms with Crippen LogP contribution in [0, 0.1) is 19.3 Å². The van der Waals surface area contributed by atoms with Gasteiger partial charge in [0.2, 0.25) is 0 Å². The van der Waals surface area contributed by atoms with Gasteiger partial charge in [-0.15, -0.1) is 6.42 Å². The Morgan fingerprint density at radius 3 is 2.60 bits per heavy atom. The van der Waals surface area contributed by atoms with Crippen molar-refractivity contribution in [1.29, 1.82) is 0 Å². The van der Waals surface area contributed by atoms with Crippen LogP contribution >= 0.6 is 0 Å². The number of methoxy groups -OCH3 is 1. The molecule has 0 aliphatic rings. The standard InChI is InChI=1S/C20H29N3O5SSi/c1-7-10-21-18-9-8-17(14-19(18)26-3)29(24,25)23(20-13-16(2)28-22-20)15-27-11-12-30(4,5)6/h1,8-9,13-14,21H,10-12,15H2,2-6H3. The molecule has 0 fully saturated rings. The highest BCUT2D eigenvalue weighted by atomic mass is 32.2. The van der Waals surface area contributed by atoms with Crippen LogP contribution in [0.4, 0.5) is 11.5 Å². The van der Waals surface area contributed by atoms with Crippen LogP contribution in [0.25, 0.3) is 0 Å². The summed E-state index contributed by atoms with van der Waals surface area (Å²) >= 11 is 0. The molecule has 0 atom stereocenters. The number of sulfonamides is 1. The highest BCUT2D eigenvalue weighted by molar-refractivity contribution is 7.92. The molecule has 0 spiro atoms. The summed E-state index contributed by atoms with van der Waals surface area (Å²) in [4.78, 5) is 0.0417. The highest BCUT2D eigenvalue weighted by Gasteiger charge is 2.29. The summed E-state index contributed by atoms with van der Waals surface area (Å²) in [5.74, 6) is 3.49. The molecule has 0 aliphatic carbocycles. The van der Waals surface area contributed by atoms with Gasteiger partial charge in [-0.25, -0.2) is 12.7 Å². The Morgan fingerprint density at radius 1 is 1.30 bits per heavy atom. The van der Waals surface area contributed by atoms with E-state index in [0.29, 0.717) is 23.8 Å². The fourth-order valence-corrected chi connectivity index (χ4v) is 4.56. The fourth-order valence-electron chi connectivity index (χ4n) is 2.51. The summed E-state index contributed by atoms with van der Waals surface area (Å²) in [6, 6.07) is 7.01. The van der Waals surface area contributed by atoms with Crippen molar-refractivity contribution in [3.63, 3.8) is 0 Å². The largest absolute Gasteiger partial charge is 0.495 e. The molecule has 1 aromatic heterocycles. The highest BCUT2D eigenvalue weighted by Crippen LogP contribution is 2.30. The Kier molecular flexibility index (Phi) is 7.94. The third kappa shape index (κ3) is 6.26. The molecule has 1 aromatic carbocycles. The van der Waals surface area contributed by atoms with Crippen LogP contribution in [0.1, 0.15) is 5.76 Å². The lowest BCUT2D eigenvalue weighted by Crippen LogP contribution is -2.34. The lowest BCUT2D eigenvalue weighted by atomic mass is 10.3. The van der Waals surface area contributed by atoms with Crippen LogP contribution in [-0.2, 0) is 14.8 Å². The molecule has 30 heavy (non-hydrogen) atoms. The van der Waals surface area contributed by atoms with Crippen molar-refractivity contribution in [2.75, 3.05) is 36.6 Å². The molecule has 0 radical (unpaired) electrons. The van der Waals surface area contributed by atoms with Gasteiger partial charge < -0.3 is 19.3 Å². The minimum absolute atomic E-state index is 0.0417. The maximum atomic E-state index is 13.4. The molecule has 2 rings (SSSR count). The van der Waals surface area contributed by atoms with Crippen LogP contribution in [0.2, 0.25) is 25.7 Å². The number of aryl methyl sites for hydroxylation is 1. The summed E-state index contributed by atoms with van der Waals surface area (Å²) < 4.78 is 44.0. The van der Waals surface area contributed by atoms with Crippen molar-refractivity contribution in [3.8, 4) is 18.1 Å². The van der Waals surface area contributed by atoms with Crippen molar-refractivity contribution in [3.05, 3.63) is 30.0 Å². The summed E-state index contributed by atoms with van der Waals surface area (Å²) in [6.45, 7) is 8.98. The van der Waals surface area contributed by atoms with Crippen LogP contribution in [-0.4, -0.2) is 48.6 Å².